The van der Waals surface area contributed by atoms with Gasteiger partial charge in [0.15, 0.2) is 0 Å². The Morgan fingerprint density at radius 1 is 0.844 bits per heavy atom. The summed E-state index contributed by atoms with van der Waals surface area (Å²) in [4.78, 5) is 29.3. The lowest BCUT2D eigenvalue weighted by atomic mass is 10.2. The van der Waals surface area contributed by atoms with Gasteiger partial charge in [-0.05, 0) is 36.4 Å². The van der Waals surface area contributed by atoms with Crippen LogP contribution in [0.3, 0.4) is 0 Å². The molecular weight excluding hydrogens is 424 g/mol. The molecule has 4 rings (SSSR count). The Balaban J connectivity index is 1.33. The summed E-state index contributed by atoms with van der Waals surface area (Å²) in [6.07, 6.45) is 0.802. The number of rotatable bonds is 8. The molecule has 0 radical (unpaired) electrons. The molecule has 162 valence electrons. The van der Waals surface area contributed by atoms with Gasteiger partial charge in [0.2, 0.25) is 5.91 Å². The zero-order valence-corrected chi connectivity index (χ0v) is 18.2. The smallest absolute Gasteiger partial charge is 0.252 e. The third-order valence-corrected chi connectivity index (χ3v) is 5.40. The van der Waals surface area contributed by atoms with Crippen molar-refractivity contribution in [2.24, 2.45) is 0 Å². The Bertz CT molecular complexity index is 1240. The predicted molar refractivity (Wildman–Crippen MR) is 126 cm³/mol. The normalized spacial score (nSPS) is 10.8. The molecule has 0 bridgehead atoms. The Morgan fingerprint density at radius 2 is 1.53 bits per heavy atom. The number of nitrogens with one attached hydrogen (secondary N) is 2. The first kappa shape index (κ1) is 21.6. The molecule has 0 saturated heterocycles. The molecule has 1 aromatic heterocycles. The maximum atomic E-state index is 12.4. The standard InChI is InChI=1S/C25H23ClN4O2/c26-20-11-5-4-10-19(20)25(32)28-17-16-27-24(31)15-14-23-29-21-12-6-7-13-22(21)30(23)18-8-2-1-3-9-18/h1-13H,14-17H2,(H,27,31)(H,28,32). The second kappa shape index (κ2) is 10.1. The molecule has 6 nitrogen and oxygen atoms in total. The monoisotopic (exact) mass is 446 g/mol. The summed E-state index contributed by atoms with van der Waals surface area (Å²) in [5, 5.41) is 6.00. The van der Waals surface area contributed by atoms with Gasteiger partial charge in [-0.1, -0.05) is 54.1 Å². The van der Waals surface area contributed by atoms with Crippen LogP contribution in [0.1, 0.15) is 22.6 Å². The molecule has 0 aliphatic heterocycles. The first-order valence-corrected chi connectivity index (χ1v) is 10.8. The van der Waals surface area contributed by atoms with E-state index in [1.54, 1.807) is 24.3 Å². The zero-order chi connectivity index (χ0) is 22.3. The fraction of sp³-hybridized carbons (Fsp3) is 0.160. The van der Waals surface area contributed by atoms with Crippen molar-refractivity contribution >= 4 is 34.4 Å². The molecule has 1 heterocycles. The van der Waals surface area contributed by atoms with Crippen molar-refractivity contribution in [1.82, 2.24) is 20.2 Å². The Kier molecular flexibility index (Phi) is 6.82. The van der Waals surface area contributed by atoms with Crippen LogP contribution in [0.2, 0.25) is 5.02 Å². The highest BCUT2D eigenvalue weighted by atomic mass is 35.5. The van der Waals surface area contributed by atoms with Crippen molar-refractivity contribution in [3.63, 3.8) is 0 Å². The van der Waals surface area contributed by atoms with E-state index in [0.29, 0.717) is 36.5 Å². The van der Waals surface area contributed by atoms with E-state index < -0.39 is 0 Å². The number of nitrogens with zero attached hydrogens (tertiary/aromatic N) is 2. The number of amides is 2. The van der Waals surface area contributed by atoms with E-state index in [1.807, 2.05) is 54.6 Å². The molecule has 2 amide bonds. The van der Waals surface area contributed by atoms with Gasteiger partial charge in [-0.2, -0.15) is 0 Å². The molecule has 7 heteroatoms. The second-order valence-electron chi connectivity index (χ2n) is 7.27. The molecule has 0 atom stereocenters. The van der Waals surface area contributed by atoms with Crippen LogP contribution in [0.4, 0.5) is 0 Å². The quantitative estimate of drug-likeness (QED) is 0.399. The molecule has 0 unspecified atom stereocenters. The minimum absolute atomic E-state index is 0.0938. The van der Waals surface area contributed by atoms with Gasteiger partial charge in [0.1, 0.15) is 5.82 Å². The Morgan fingerprint density at radius 3 is 2.34 bits per heavy atom. The van der Waals surface area contributed by atoms with Crippen LogP contribution in [0.15, 0.2) is 78.9 Å². The molecule has 4 aromatic rings. The molecule has 0 spiro atoms. The fourth-order valence-electron chi connectivity index (χ4n) is 3.54. The largest absolute Gasteiger partial charge is 0.354 e. The summed E-state index contributed by atoms with van der Waals surface area (Å²) in [6, 6.07) is 24.8. The Labute approximate surface area is 191 Å². The van der Waals surface area contributed by atoms with Crippen molar-refractivity contribution in [3.8, 4) is 5.69 Å². The zero-order valence-electron chi connectivity index (χ0n) is 17.4. The van der Waals surface area contributed by atoms with Gasteiger partial charge in [-0.15, -0.1) is 0 Å². The van der Waals surface area contributed by atoms with Gasteiger partial charge >= 0.3 is 0 Å². The van der Waals surface area contributed by atoms with Crippen LogP contribution in [0, 0.1) is 0 Å². The van der Waals surface area contributed by atoms with Gasteiger partial charge in [-0.25, -0.2) is 4.98 Å². The van der Waals surface area contributed by atoms with Gasteiger partial charge in [-0.3, -0.25) is 14.2 Å². The SMILES string of the molecule is O=C(CCc1nc2ccccc2n1-c1ccccc1)NCCNC(=O)c1ccccc1Cl. The van der Waals surface area contributed by atoms with Crippen molar-refractivity contribution in [1.29, 1.82) is 0 Å². The number of halogens is 1. The molecule has 0 aliphatic rings. The van der Waals surface area contributed by atoms with Crippen LogP contribution in [0.25, 0.3) is 16.7 Å². The lowest BCUT2D eigenvalue weighted by Crippen LogP contribution is -2.34. The molecular formula is C25H23ClN4O2. The second-order valence-corrected chi connectivity index (χ2v) is 7.68. The van der Waals surface area contributed by atoms with Crippen LogP contribution in [-0.2, 0) is 11.2 Å². The summed E-state index contributed by atoms with van der Waals surface area (Å²) in [5.41, 5.74) is 3.34. The van der Waals surface area contributed by atoms with Gasteiger partial charge in [0.05, 0.1) is 21.6 Å². The fourth-order valence-corrected chi connectivity index (χ4v) is 3.76. The first-order valence-electron chi connectivity index (χ1n) is 10.4. The maximum absolute atomic E-state index is 12.4. The van der Waals surface area contributed by atoms with Crippen molar-refractivity contribution < 1.29 is 9.59 Å². The lowest BCUT2D eigenvalue weighted by Gasteiger charge is -2.10. The minimum atomic E-state index is -0.263. The number of fused-ring (bicyclic) bond motifs is 1. The predicted octanol–water partition coefficient (Wildman–Crippen LogP) is 4.16. The average Bonchev–Trinajstić information content (AvgIpc) is 3.19. The minimum Gasteiger partial charge on any atom is -0.354 e. The number of para-hydroxylation sites is 3. The highest BCUT2D eigenvalue weighted by Gasteiger charge is 2.14. The number of carbonyl (C=O) groups excluding carboxylic acids is 2. The van der Waals surface area contributed by atoms with E-state index >= 15 is 0 Å². The highest BCUT2D eigenvalue weighted by molar-refractivity contribution is 6.33. The van der Waals surface area contributed by atoms with E-state index in [1.165, 1.54) is 0 Å². The summed E-state index contributed by atoms with van der Waals surface area (Å²) >= 11 is 6.03. The van der Waals surface area contributed by atoms with Crippen LogP contribution in [-0.4, -0.2) is 34.5 Å². The summed E-state index contributed by atoms with van der Waals surface area (Å²) in [6.45, 7) is 0.655. The van der Waals surface area contributed by atoms with Crippen LogP contribution < -0.4 is 10.6 Å². The van der Waals surface area contributed by atoms with Crippen LogP contribution >= 0.6 is 11.6 Å². The van der Waals surface area contributed by atoms with Crippen molar-refractivity contribution in [2.75, 3.05) is 13.1 Å². The third-order valence-electron chi connectivity index (χ3n) is 5.07. The summed E-state index contributed by atoms with van der Waals surface area (Å²) < 4.78 is 2.09. The van der Waals surface area contributed by atoms with E-state index in [0.717, 1.165) is 22.5 Å². The van der Waals surface area contributed by atoms with E-state index in [2.05, 4.69) is 15.2 Å². The number of hydrogen-bond acceptors (Lipinski definition) is 3. The van der Waals surface area contributed by atoms with E-state index in [-0.39, 0.29) is 11.8 Å². The van der Waals surface area contributed by atoms with Crippen LogP contribution in [0.5, 0.6) is 0 Å². The maximum Gasteiger partial charge on any atom is 0.252 e. The van der Waals surface area contributed by atoms with E-state index in [4.69, 9.17) is 16.6 Å². The van der Waals surface area contributed by atoms with Crippen molar-refractivity contribution in [3.05, 3.63) is 95.3 Å². The third kappa shape index (κ3) is 4.98. The molecule has 3 aromatic carbocycles. The number of hydrogen-bond donors (Lipinski definition) is 2. The molecule has 2 N–H and O–H groups in total. The molecule has 0 aliphatic carbocycles. The molecule has 32 heavy (non-hydrogen) atoms. The van der Waals surface area contributed by atoms with E-state index in [9.17, 15) is 9.59 Å². The number of aromatic nitrogens is 2. The first-order chi connectivity index (χ1) is 15.6. The number of benzene rings is 3. The topological polar surface area (TPSA) is 76.0 Å². The number of carbonyl (C=O) groups is 2. The molecule has 0 fully saturated rings. The Hall–Kier alpha value is -3.64. The van der Waals surface area contributed by atoms with Gasteiger partial charge < -0.3 is 10.6 Å². The molecule has 0 saturated carbocycles. The van der Waals surface area contributed by atoms with Gasteiger partial charge in [0.25, 0.3) is 5.91 Å². The van der Waals surface area contributed by atoms with Crippen molar-refractivity contribution in [2.45, 2.75) is 12.8 Å². The summed E-state index contributed by atoms with van der Waals surface area (Å²) in [7, 11) is 0. The number of aryl methyl sites for hydroxylation is 1. The number of imidazole rings is 1. The lowest BCUT2D eigenvalue weighted by molar-refractivity contribution is -0.121. The highest BCUT2D eigenvalue weighted by Crippen LogP contribution is 2.22. The average molecular weight is 447 g/mol. The van der Waals surface area contributed by atoms with Gasteiger partial charge in [0, 0.05) is 31.6 Å². The summed E-state index contributed by atoms with van der Waals surface area (Å²) in [5.74, 6) is 0.477.